The summed E-state index contributed by atoms with van der Waals surface area (Å²) in [6.45, 7) is 2.64. The van der Waals surface area contributed by atoms with E-state index in [0.717, 1.165) is 23.3 Å². The molecule has 0 aliphatic carbocycles. The number of benzene rings is 2. The third-order valence-corrected chi connectivity index (χ3v) is 5.48. The Morgan fingerprint density at radius 2 is 1.80 bits per heavy atom. The second kappa shape index (κ2) is 8.10. The lowest BCUT2D eigenvalue weighted by molar-refractivity contribution is -0.136. The summed E-state index contributed by atoms with van der Waals surface area (Å²) in [7, 11) is 0. The van der Waals surface area contributed by atoms with Crippen LogP contribution in [0.5, 0.6) is 0 Å². The number of hydrogen-bond acceptors (Lipinski definition) is 5. The first-order valence-corrected chi connectivity index (χ1v) is 10.2. The first-order chi connectivity index (χ1) is 14.5. The van der Waals surface area contributed by atoms with Crippen LogP contribution in [0.3, 0.4) is 0 Å². The van der Waals surface area contributed by atoms with Gasteiger partial charge in [0.05, 0.1) is 11.1 Å². The number of nitrogens with one attached hydrogen (secondary N) is 2. The van der Waals surface area contributed by atoms with E-state index in [1.807, 2.05) is 12.1 Å². The number of nitrogens with zero attached hydrogens (tertiary/aromatic N) is 1. The quantitative estimate of drug-likeness (QED) is 0.721. The van der Waals surface area contributed by atoms with Crippen LogP contribution in [-0.4, -0.2) is 34.6 Å². The zero-order valence-corrected chi connectivity index (χ0v) is 16.7. The maximum Gasteiger partial charge on any atom is 0.264 e. The number of carbonyl (C=O) groups is 4. The summed E-state index contributed by atoms with van der Waals surface area (Å²) in [4.78, 5) is 50.6. The van der Waals surface area contributed by atoms with Crippen molar-refractivity contribution in [2.24, 2.45) is 0 Å². The molecule has 30 heavy (non-hydrogen) atoms. The van der Waals surface area contributed by atoms with Crippen LogP contribution in [-0.2, 0) is 22.6 Å². The van der Waals surface area contributed by atoms with Crippen molar-refractivity contribution in [2.45, 2.75) is 45.2 Å². The fourth-order valence-electron chi connectivity index (χ4n) is 4.04. The van der Waals surface area contributed by atoms with Crippen LogP contribution in [0, 0.1) is 0 Å². The number of hydrogen-bond donors (Lipinski definition) is 2. The molecular formula is C23H23N3O4. The van der Waals surface area contributed by atoms with Crippen molar-refractivity contribution < 1.29 is 19.2 Å². The number of amides is 4. The maximum absolute atomic E-state index is 13.1. The fraction of sp³-hybridized carbons (Fsp3) is 0.304. The lowest BCUT2D eigenvalue weighted by Crippen LogP contribution is -2.54. The molecule has 2 aromatic carbocycles. The Morgan fingerprint density at radius 1 is 1.03 bits per heavy atom. The molecule has 0 aromatic heterocycles. The maximum atomic E-state index is 13.1. The first-order valence-electron chi connectivity index (χ1n) is 10.2. The van der Waals surface area contributed by atoms with Crippen molar-refractivity contribution in [3.8, 4) is 0 Å². The lowest BCUT2D eigenvalue weighted by Gasteiger charge is -2.27. The van der Waals surface area contributed by atoms with E-state index in [-0.39, 0.29) is 29.9 Å². The summed E-state index contributed by atoms with van der Waals surface area (Å²) in [6, 6.07) is 12.3. The standard InChI is InChI=1S/C23H23N3O4/c1-2-5-14-6-3-7-15(12-14)13-24-17-9-4-8-16-20(17)23(30)26(22(16)29)18-10-11-19(27)25-21(18)28/h3-4,6-9,12,18,24H,2,5,10-11,13H2,1H3,(H,25,27,28). The minimum absolute atomic E-state index is 0.100. The van der Waals surface area contributed by atoms with Gasteiger partial charge in [0.25, 0.3) is 11.8 Å². The van der Waals surface area contributed by atoms with E-state index in [1.165, 1.54) is 5.56 Å². The van der Waals surface area contributed by atoms with Gasteiger partial charge in [-0.2, -0.15) is 0 Å². The molecule has 2 aromatic rings. The Balaban J connectivity index is 1.57. The molecule has 0 spiro atoms. The number of anilines is 1. The Hall–Kier alpha value is -3.48. The van der Waals surface area contributed by atoms with Gasteiger partial charge in [-0.05, 0) is 36.1 Å². The van der Waals surface area contributed by atoms with E-state index in [1.54, 1.807) is 18.2 Å². The van der Waals surface area contributed by atoms with E-state index in [0.29, 0.717) is 12.2 Å². The summed E-state index contributed by atoms with van der Waals surface area (Å²) < 4.78 is 0. The van der Waals surface area contributed by atoms with Gasteiger partial charge in [-0.1, -0.05) is 43.7 Å². The Morgan fingerprint density at radius 3 is 2.57 bits per heavy atom. The summed E-state index contributed by atoms with van der Waals surface area (Å²) in [5, 5.41) is 5.48. The van der Waals surface area contributed by atoms with Crippen molar-refractivity contribution >= 4 is 29.3 Å². The van der Waals surface area contributed by atoms with E-state index in [4.69, 9.17) is 0 Å². The van der Waals surface area contributed by atoms with Crippen molar-refractivity contribution in [3.05, 3.63) is 64.7 Å². The molecule has 0 saturated carbocycles. The monoisotopic (exact) mass is 405 g/mol. The number of piperidine rings is 1. The number of aryl methyl sites for hydroxylation is 1. The first kappa shape index (κ1) is 19.8. The smallest absolute Gasteiger partial charge is 0.264 e. The van der Waals surface area contributed by atoms with Crippen LogP contribution in [0.15, 0.2) is 42.5 Å². The van der Waals surface area contributed by atoms with Gasteiger partial charge in [-0.3, -0.25) is 29.4 Å². The van der Waals surface area contributed by atoms with Gasteiger partial charge in [0.1, 0.15) is 6.04 Å². The number of imide groups is 2. The molecule has 4 amide bonds. The van der Waals surface area contributed by atoms with Crippen LogP contribution < -0.4 is 10.6 Å². The average Bonchev–Trinajstić information content (AvgIpc) is 2.98. The van der Waals surface area contributed by atoms with Gasteiger partial charge in [-0.15, -0.1) is 0 Å². The molecule has 2 heterocycles. The summed E-state index contributed by atoms with van der Waals surface area (Å²) in [6.07, 6.45) is 2.31. The molecule has 7 nitrogen and oxygen atoms in total. The largest absolute Gasteiger partial charge is 0.380 e. The van der Waals surface area contributed by atoms with E-state index < -0.39 is 23.8 Å². The highest BCUT2D eigenvalue weighted by Gasteiger charge is 2.45. The highest BCUT2D eigenvalue weighted by atomic mass is 16.2. The van der Waals surface area contributed by atoms with Crippen molar-refractivity contribution in [1.29, 1.82) is 0 Å². The molecule has 2 N–H and O–H groups in total. The Bertz CT molecular complexity index is 1050. The van der Waals surface area contributed by atoms with Crippen LogP contribution in [0.2, 0.25) is 0 Å². The van der Waals surface area contributed by atoms with Gasteiger partial charge in [0.2, 0.25) is 11.8 Å². The van der Waals surface area contributed by atoms with Gasteiger partial charge in [0.15, 0.2) is 0 Å². The van der Waals surface area contributed by atoms with Crippen LogP contribution in [0.1, 0.15) is 58.0 Å². The van der Waals surface area contributed by atoms with E-state index >= 15 is 0 Å². The summed E-state index contributed by atoms with van der Waals surface area (Å²) >= 11 is 0. The predicted molar refractivity (Wildman–Crippen MR) is 111 cm³/mol. The topological polar surface area (TPSA) is 95.6 Å². The summed E-state index contributed by atoms with van der Waals surface area (Å²) in [5.41, 5.74) is 3.44. The minimum Gasteiger partial charge on any atom is -0.380 e. The second-order valence-electron chi connectivity index (χ2n) is 7.60. The molecule has 0 radical (unpaired) electrons. The highest BCUT2D eigenvalue weighted by Crippen LogP contribution is 2.32. The second-order valence-corrected chi connectivity index (χ2v) is 7.60. The Labute approximate surface area is 174 Å². The molecule has 1 fully saturated rings. The average molecular weight is 405 g/mol. The molecule has 2 aliphatic rings. The third-order valence-electron chi connectivity index (χ3n) is 5.48. The minimum atomic E-state index is -0.964. The molecule has 1 saturated heterocycles. The van der Waals surface area contributed by atoms with Crippen molar-refractivity contribution in [1.82, 2.24) is 10.2 Å². The third kappa shape index (κ3) is 3.58. The number of rotatable bonds is 6. The molecule has 1 atom stereocenters. The number of carbonyl (C=O) groups excluding carboxylic acids is 4. The highest BCUT2D eigenvalue weighted by molar-refractivity contribution is 6.25. The van der Waals surface area contributed by atoms with Crippen LogP contribution >= 0.6 is 0 Å². The Kier molecular flexibility index (Phi) is 5.35. The molecule has 0 bridgehead atoms. The van der Waals surface area contributed by atoms with Gasteiger partial charge >= 0.3 is 0 Å². The molecule has 154 valence electrons. The fourth-order valence-corrected chi connectivity index (χ4v) is 4.04. The number of fused-ring (bicyclic) bond motifs is 1. The van der Waals surface area contributed by atoms with Gasteiger partial charge in [0, 0.05) is 18.7 Å². The molecule has 1 unspecified atom stereocenters. The van der Waals surface area contributed by atoms with E-state index in [2.05, 4.69) is 29.7 Å². The zero-order valence-electron chi connectivity index (χ0n) is 16.7. The SMILES string of the molecule is CCCc1cccc(CNc2cccc3c2C(=O)N(C2CCC(=O)NC2=O)C3=O)c1. The lowest BCUT2D eigenvalue weighted by atomic mass is 10.0. The van der Waals surface area contributed by atoms with Crippen molar-refractivity contribution in [2.75, 3.05) is 5.32 Å². The van der Waals surface area contributed by atoms with Crippen LogP contribution in [0.25, 0.3) is 0 Å². The van der Waals surface area contributed by atoms with Crippen molar-refractivity contribution in [3.63, 3.8) is 0 Å². The predicted octanol–water partition coefficient (Wildman–Crippen LogP) is 2.65. The zero-order chi connectivity index (χ0) is 21.3. The van der Waals surface area contributed by atoms with E-state index in [9.17, 15) is 19.2 Å². The summed E-state index contributed by atoms with van der Waals surface area (Å²) in [5.74, 6) is -2.01. The molecular weight excluding hydrogens is 382 g/mol. The molecule has 2 aliphatic heterocycles. The van der Waals surface area contributed by atoms with Gasteiger partial charge in [-0.25, -0.2) is 0 Å². The molecule has 4 rings (SSSR count). The van der Waals surface area contributed by atoms with Crippen LogP contribution in [0.4, 0.5) is 5.69 Å². The normalized spacial score (nSPS) is 18.4. The molecule has 7 heteroatoms. The van der Waals surface area contributed by atoms with Gasteiger partial charge < -0.3 is 5.32 Å².